The molecule has 164 valence electrons. The van der Waals surface area contributed by atoms with Crippen molar-refractivity contribution in [2.45, 2.75) is 32.4 Å². The van der Waals surface area contributed by atoms with Crippen molar-refractivity contribution in [3.05, 3.63) is 59.7 Å². The fourth-order valence-electron chi connectivity index (χ4n) is 4.40. The molecule has 0 saturated carbocycles. The second-order valence-electron chi connectivity index (χ2n) is 8.27. The third kappa shape index (κ3) is 4.93. The van der Waals surface area contributed by atoms with Crippen LogP contribution in [0.5, 0.6) is 5.75 Å². The standard InChI is InChI=1S/C24H30N4O3/c1-18-5-3-6-19(15-18)17-27-13-14-28(24(27)30)21-9-11-26(12-10-21)23(29)25-20-7-4-8-22(16-20)31-2/h3-8,15-16,21H,9-14,17H2,1-2H3,(H,25,29). The molecule has 4 amide bonds. The maximum atomic E-state index is 13.0. The van der Waals surface area contributed by atoms with Crippen LogP contribution in [0.1, 0.15) is 24.0 Å². The molecule has 0 aliphatic carbocycles. The summed E-state index contributed by atoms with van der Waals surface area (Å²) in [7, 11) is 1.60. The van der Waals surface area contributed by atoms with Crippen LogP contribution in [-0.4, -0.2) is 66.1 Å². The van der Waals surface area contributed by atoms with Gasteiger partial charge >= 0.3 is 12.1 Å². The van der Waals surface area contributed by atoms with Crippen molar-refractivity contribution < 1.29 is 14.3 Å². The van der Waals surface area contributed by atoms with E-state index in [9.17, 15) is 9.59 Å². The van der Waals surface area contributed by atoms with Crippen molar-refractivity contribution in [2.75, 3.05) is 38.6 Å². The Morgan fingerprint density at radius 3 is 2.58 bits per heavy atom. The second kappa shape index (κ2) is 9.29. The molecule has 0 atom stereocenters. The molecule has 2 aliphatic rings. The monoisotopic (exact) mass is 422 g/mol. The Balaban J connectivity index is 1.28. The smallest absolute Gasteiger partial charge is 0.321 e. The zero-order valence-corrected chi connectivity index (χ0v) is 18.2. The zero-order chi connectivity index (χ0) is 21.8. The maximum Gasteiger partial charge on any atom is 0.321 e. The van der Waals surface area contributed by atoms with Gasteiger partial charge in [-0.05, 0) is 37.5 Å². The average molecular weight is 423 g/mol. The van der Waals surface area contributed by atoms with E-state index in [0.29, 0.717) is 31.1 Å². The van der Waals surface area contributed by atoms with Gasteiger partial charge in [0.25, 0.3) is 0 Å². The van der Waals surface area contributed by atoms with Crippen molar-refractivity contribution in [3.8, 4) is 5.75 Å². The van der Waals surface area contributed by atoms with E-state index in [1.54, 1.807) is 13.2 Å². The molecule has 2 aromatic carbocycles. The number of carbonyl (C=O) groups is 2. The normalized spacial score (nSPS) is 17.2. The van der Waals surface area contributed by atoms with Gasteiger partial charge < -0.3 is 24.8 Å². The number of ether oxygens (including phenoxy) is 1. The number of hydrogen-bond acceptors (Lipinski definition) is 3. The molecule has 4 rings (SSSR count). The highest BCUT2D eigenvalue weighted by atomic mass is 16.5. The maximum absolute atomic E-state index is 13.0. The second-order valence-corrected chi connectivity index (χ2v) is 8.27. The number of benzene rings is 2. The van der Waals surface area contributed by atoms with Crippen LogP contribution in [0.15, 0.2) is 48.5 Å². The van der Waals surface area contributed by atoms with E-state index in [-0.39, 0.29) is 18.1 Å². The van der Waals surface area contributed by atoms with Gasteiger partial charge in [0.15, 0.2) is 0 Å². The summed E-state index contributed by atoms with van der Waals surface area (Å²) in [6, 6.07) is 15.8. The predicted molar refractivity (Wildman–Crippen MR) is 120 cm³/mol. The Labute approximate surface area is 183 Å². The summed E-state index contributed by atoms with van der Waals surface area (Å²) in [4.78, 5) is 31.3. The highest BCUT2D eigenvalue weighted by molar-refractivity contribution is 5.89. The lowest BCUT2D eigenvalue weighted by atomic mass is 10.0. The molecular formula is C24H30N4O3. The lowest BCUT2D eigenvalue weighted by molar-refractivity contribution is 0.139. The van der Waals surface area contributed by atoms with E-state index in [1.807, 2.05) is 39.0 Å². The van der Waals surface area contributed by atoms with Crippen molar-refractivity contribution in [2.24, 2.45) is 0 Å². The third-order valence-electron chi connectivity index (χ3n) is 6.10. The molecular weight excluding hydrogens is 392 g/mol. The summed E-state index contributed by atoms with van der Waals surface area (Å²) in [5.41, 5.74) is 3.09. The first kappa shape index (κ1) is 21.0. The molecule has 0 bridgehead atoms. The fraction of sp³-hybridized carbons (Fsp3) is 0.417. The quantitative estimate of drug-likeness (QED) is 0.794. The van der Waals surface area contributed by atoms with Gasteiger partial charge in [-0.3, -0.25) is 0 Å². The summed E-state index contributed by atoms with van der Waals surface area (Å²) in [6.45, 7) is 5.51. The minimum absolute atomic E-state index is 0.111. The van der Waals surface area contributed by atoms with Crippen LogP contribution < -0.4 is 10.1 Å². The highest BCUT2D eigenvalue weighted by Crippen LogP contribution is 2.24. The van der Waals surface area contributed by atoms with Crippen LogP contribution in [0.2, 0.25) is 0 Å². The van der Waals surface area contributed by atoms with Crippen LogP contribution in [0.25, 0.3) is 0 Å². The number of nitrogens with one attached hydrogen (secondary N) is 1. The molecule has 2 fully saturated rings. The molecule has 2 heterocycles. The minimum atomic E-state index is -0.111. The largest absolute Gasteiger partial charge is 0.497 e. The van der Waals surface area contributed by atoms with Crippen LogP contribution in [0.4, 0.5) is 15.3 Å². The number of nitrogens with zero attached hydrogens (tertiary/aromatic N) is 3. The Bertz CT molecular complexity index is 940. The lowest BCUT2D eigenvalue weighted by Gasteiger charge is -2.36. The van der Waals surface area contributed by atoms with Crippen molar-refractivity contribution >= 4 is 17.7 Å². The van der Waals surface area contributed by atoms with Crippen molar-refractivity contribution in [1.82, 2.24) is 14.7 Å². The van der Waals surface area contributed by atoms with Crippen LogP contribution in [0.3, 0.4) is 0 Å². The summed E-state index contributed by atoms with van der Waals surface area (Å²) < 4.78 is 5.21. The van der Waals surface area contributed by atoms with E-state index in [1.165, 1.54) is 11.1 Å². The summed E-state index contributed by atoms with van der Waals surface area (Å²) in [5, 5.41) is 2.94. The number of anilines is 1. The van der Waals surface area contributed by atoms with Gasteiger partial charge in [0.05, 0.1) is 7.11 Å². The number of carbonyl (C=O) groups excluding carboxylic acids is 2. The molecule has 0 spiro atoms. The van der Waals surface area contributed by atoms with Crippen LogP contribution >= 0.6 is 0 Å². The van der Waals surface area contributed by atoms with Crippen molar-refractivity contribution in [1.29, 1.82) is 0 Å². The van der Waals surface area contributed by atoms with E-state index in [2.05, 4.69) is 30.4 Å². The molecule has 31 heavy (non-hydrogen) atoms. The molecule has 2 aliphatic heterocycles. The average Bonchev–Trinajstić information content (AvgIpc) is 3.14. The molecule has 1 N–H and O–H groups in total. The summed E-state index contributed by atoms with van der Waals surface area (Å²) in [6.07, 6.45) is 1.60. The number of urea groups is 2. The molecule has 0 unspecified atom stereocenters. The molecule has 2 aromatic rings. The highest BCUT2D eigenvalue weighted by Gasteiger charge is 2.36. The van der Waals surface area contributed by atoms with Gasteiger partial charge in [-0.2, -0.15) is 0 Å². The molecule has 7 nitrogen and oxygen atoms in total. The molecule has 7 heteroatoms. The van der Waals surface area contributed by atoms with Gasteiger partial charge in [0.2, 0.25) is 0 Å². The number of methoxy groups -OCH3 is 1. The molecule has 2 saturated heterocycles. The number of likely N-dealkylation sites (tertiary alicyclic amines) is 1. The van der Waals surface area contributed by atoms with Crippen LogP contribution in [0, 0.1) is 6.92 Å². The summed E-state index contributed by atoms with van der Waals surface area (Å²) >= 11 is 0. The van der Waals surface area contributed by atoms with E-state index in [0.717, 1.165) is 25.9 Å². The summed E-state index contributed by atoms with van der Waals surface area (Å²) in [5.74, 6) is 0.708. The first-order valence-electron chi connectivity index (χ1n) is 10.8. The number of hydrogen-bond donors (Lipinski definition) is 1. The Hall–Kier alpha value is -3.22. The van der Waals surface area contributed by atoms with Gasteiger partial charge in [-0.25, -0.2) is 9.59 Å². The zero-order valence-electron chi connectivity index (χ0n) is 18.2. The fourth-order valence-corrected chi connectivity index (χ4v) is 4.40. The number of aryl methyl sites for hydroxylation is 1. The Morgan fingerprint density at radius 1 is 1.06 bits per heavy atom. The number of amides is 4. The Morgan fingerprint density at radius 2 is 1.84 bits per heavy atom. The van der Waals surface area contributed by atoms with E-state index < -0.39 is 0 Å². The topological polar surface area (TPSA) is 65.1 Å². The van der Waals surface area contributed by atoms with Crippen molar-refractivity contribution in [3.63, 3.8) is 0 Å². The lowest BCUT2D eigenvalue weighted by Crippen LogP contribution is -2.49. The van der Waals surface area contributed by atoms with E-state index >= 15 is 0 Å². The third-order valence-corrected chi connectivity index (χ3v) is 6.10. The van der Waals surface area contributed by atoms with E-state index in [4.69, 9.17) is 4.74 Å². The molecule has 0 aromatic heterocycles. The van der Waals surface area contributed by atoms with Gasteiger partial charge in [-0.1, -0.05) is 35.9 Å². The first-order valence-corrected chi connectivity index (χ1v) is 10.8. The number of piperidine rings is 1. The SMILES string of the molecule is COc1cccc(NC(=O)N2CCC(N3CCN(Cc4cccc(C)c4)C3=O)CC2)c1. The number of rotatable bonds is 5. The minimum Gasteiger partial charge on any atom is -0.497 e. The van der Waals surface area contributed by atoms with Gasteiger partial charge in [0, 0.05) is 50.5 Å². The van der Waals surface area contributed by atoms with Gasteiger partial charge in [-0.15, -0.1) is 0 Å². The Kier molecular flexibility index (Phi) is 6.30. The predicted octanol–water partition coefficient (Wildman–Crippen LogP) is 3.94. The van der Waals surface area contributed by atoms with Crippen LogP contribution in [-0.2, 0) is 6.54 Å². The molecule has 0 radical (unpaired) electrons. The first-order chi connectivity index (χ1) is 15.0. The van der Waals surface area contributed by atoms with Gasteiger partial charge in [0.1, 0.15) is 5.75 Å².